The van der Waals surface area contributed by atoms with Crippen molar-refractivity contribution in [2.45, 2.75) is 132 Å². The second kappa shape index (κ2) is 18.9. The Morgan fingerprint density at radius 1 is 0.483 bits per heavy atom. The fourth-order valence-corrected chi connectivity index (χ4v) is 9.28. The number of aryl methyl sites for hydroxylation is 4. The quantitative estimate of drug-likeness (QED) is 0.104. The van der Waals surface area contributed by atoms with Gasteiger partial charge in [0.15, 0.2) is 0 Å². The highest BCUT2D eigenvalue weighted by Gasteiger charge is 2.26. The highest BCUT2D eigenvalue weighted by molar-refractivity contribution is 6.03. The summed E-state index contributed by atoms with van der Waals surface area (Å²) in [5, 5.41) is 0. The molecule has 5 aromatic rings. The lowest BCUT2D eigenvalue weighted by Crippen LogP contribution is -1.91. The molecule has 6 heteroatoms. The second-order valence-corrected chi connectivity index (χ2v) is 16.8. The highest BCUT2D eigenvalue weighted by atomic mass is 16.5. The highest BCUT2D eigenvalue weighted by Crippen LogP contribution is 2.45. The summed E-state index contributed by atoms with van der Waals surface area (Å²) in [6.45, 7) is 18.3. The first-order chi connectivity index (χ1) is 29.2. The fraction of sp³-hybridized carbons (Fsp3) is 0.407. The number of hydrogen-bond acceptors (Lipinski definition) is 4. The molecular weight excluding hydrogens is 737 g/mol. The minimum atomic E-state index is 0.842. The van der Waals surface area contributed by atoms with Gasteiger partial charge in [-0.3, -0.25) is 0 Å². The summed E-state index contributed by atoms with van der Waals surface area (Å²) in [6, 6.07) is 21.8. The Balaban J connectivity index is 1.74. The Bertz CT molecular complexity index is 2400. The third-order valence-electron chi connectivity index (χ3n) is 12.9. The third kappa shape index (κ3) is 8.23. The monoisotopic (exact) mass is 803 g/mol. The molecule has 0 aliphatic carbocycles. The maximum absolute atomic E-state index is 5.71. The zero-order chi connectivity index (χ0) is 42.5. The van der Waals surface area contributed by atoms with Crippen molar-refractivity contribution in [3.05, 3.63) is 106 Å². The van der Waals surface area contributed by atoms with Gasteiger partial charge in [-0.1, -0.05) is 77.6 Å². The van der Waals surface area contributed by atoms with Crippen LogP contribution in [0.15, 0.2) is 60.7 Å². The first-order valence-corrected chi connectivity index (χ1v) is 22.7. The number of allylic oxidation sites excluding steroid dienone is 4. The molecule has 0 radical (unpaired) electrons. The molecule has 0 saturated carbocycles. The van der Waals surface area contributed by atoms with Crippen molar-refractivity contribution in [3.63, 3.8) is 0 Å². The summed E-state index contributed by atoms with van der Waals surface area (Å²) in [5.41, 5.74) is 23.7. The SMILES string of the molecule is CCCCC1=C(C)c2nc1cc1[nH]c(c(C)c1CCCC)c(-c1ccc(OC)cc1)c1nc(cc3[nH]c(c(C)c3CCCC)c2-c2ccc(OC)cc2)C(CCCC)=C1C. The number of fused-ring (bicyclic) bond motifs is 8. The van der Waals surface area contributed by atoms with E-state index in [2.05, 4.69) is 126 Å². The summed E-state index contributed by atoms with van der Waals surface area (Å²) in [7, 11) is 3.47. The molecule has 314 valence electrons. The lowest BCUT2D eigenvalue weighted by Gasteiger charge is -2.10. The Morgan fingerprint density at radius 3 is 1.17 bits per heavy atom. The molecule has 3 aromatic heterocycles. The number of aromatic amines is 2. The third-order valence-corrected chi connectivity index (χ3v) is 12.9. The number of ether oxygens (including phenoxy) is 2. The van der Waals surface area contributed by atoms with Crippen molar-refractivity contribution >= 4 is 44.4 Å². The van der Waals surface area contributed by atoms with Crippen molar-refractivity contribution in [1.29, 1.82) is 0 Å². The largest absolute Gasteiger partial charge is 0.497 e. The van der Waals surface area contributed by atoms with Gasteiger partial charge in [0.05, 0.1) is 48.0 Å². The number of hydrogen-bond donors (Lipinski definition) is 2. The molecule has 2 aromatic carbocycles. The number of nitrogens with one attached hydrogen (secondary N) is 2. The van der Waals surface area contributed by atoms with E-state index in [1.165, 1.54) is 44.5 Å². The Kier molecular flexibility index (Phi) is 13.5. The van der Waals surface area contributed by atoms with E-state index in [4.69, 9.17) is 19.4 Å². The van der Waals surface area contributed by atoms with Gasteiger partial charge in [-0.2, -0.15) is 0 Å². The number of nitrogens with zero attached hydrogens (tertiary/aromatic N) is 2. The molecule has 2 N–H and O–H groups in total. The van der Waals surface area contributed by atoms with Crippen LogP contribution in [-0.2, 0) is 12.8 Å². The van der Waals surface area contributed by atoms with Crippen LogP contribution in [-0.4, -0.2) is 34.2 Å². The topological polar surface area (TPSA) is 75.8 Å². The molecule has 6 nitrogen and oxygen atoms in total. The van der Waals surface area contributed by atoms with Crippen molar-refractivity contribution in [2.75, 3.05) is 14.2 Å². The Hall–Kier alpha value is -5.36. The van der Waals surface area contributed by atoms with Gasteiger partial charge in [0.1, 0.15) is 11.5 Å². The molecule has 0 saturated heterocycles. The number of rotatable bonds is 16. The number of methoxy groups -OCH3 is 2. The van der Waals surface area contributed by atoms with Gasteiger partial charge in [-0.05, 0) is 171 Å². The molecule has 60 heavy (non-hydrogen) atoms. The minimum absolute atomic E-state index is 0.842. The zero-order valence-corrected chi connectivity index (χ0v) is 38.0. The zero-order valence-electron chi connectivity index (χ0n) is 38.0. The van der Waals surface area contributed by atoms with E-state index in [0.29, 0.717) is 0 Å². The standard InChI is InChI=1S/C54H66N4O2/c1-11-15-19-41-33(5)51-49(37-23-27-39(59-9)28-24-37)52-35(7)43(21-17-13-3)47(57-52)32-48-44(22-18-14-4)36(8)54(58-48)50(38-25-29-40(60-10)30-26-38)53-34(6)42(20-16-12-2)46(56-53)31-45(41)55-51/h23-32,55,58H,11-22H2,1-10H3. The minimum Gasteiger partial charge on any atom is -0.497 e. The van der Waals surface area contributed by atoms with Crippen molar-refractivity contribution in [2.24, 2.45) is 0 Å². The van der Waals surface area contributed by atoms with E-state index in [1.807, 2.05) is 0 Å². The maximum Gasteiger partial charge on any atom is 0.118 e. The normalized spacial score (nSPS) is 12.8. The number of aromatic nitrogens is 4. The van der Waals surface area contributed by atoms with E-state index in [0.717, 1.165) is 156 Å². The Labute approximate surface area is 358 Å². The Morgan fingerprint density at radius 2 is 0.833 bits per heavy atom. The van der Waals surface area contributed by atoms with E-state index in [1.54, 1.807) is 14.2 Å². The smallest absolute Gasteiger partial charge is 0.118 e. The second-order valence-electron chi connectivity index (χ2n) is 16.8. The molecule has 8 bridgehead atoms. The van der Waals surface area contributed by atoms with Gasteiger partial charge in [0, 0.05) is 22.2 Å². The maximum atomic E-state index is 5.71. The molecule has 2 aliphatic heterocycles. The van der Waals surface area contributed by atoms with E-state index < -0.39 is 0 Å². The van der Waals surface area contributed by atoms with Crippen molar-refractivity contribution in [3.8, 4) is 33.8 Å². The lowest BCUT2D eigenvalue weighted by molar-refractivity contribution is 0.415. The van der Waals surface area contributed by atoms with Gasteiger partial charge in [0.2, 0.25) is 0 Å². The number of benzene rings is 2. The van der Waals surface area contributed by atoms with Crippen molar-refractivity contribution in [1.82, 2.24) is 19.9 Å². The van der Waals surface area contributed by atoms with Crippen LogP contribution in [0, 0.1) is 13.8 Å². The molecule has 7 rings (SSSR count). The first kappa shape index (κ1) is 42.8. The average molecular weight is 803 g/mol. The molecule has 0 unspecified atom stereocenters. The average Bonchev–Trinajstić information content (AvgIpc) is 3.94. The summed E-state index contributed by atoms with van der Waals surface area (Å²) in [5.74, 6) is 1.68. The van der Waals surface area contributed by atoms with Gasteiger partial charge < -0.3 is 19.4 Å². The van der Waals surface area contributed by atoms with Gasteiger partial charge in [-0.15, -0.1) is 0 Å². The molecule has 0 spiro atoms. The predicted molar refractivity (Wildman–Crippen MR) is 256 cm³/mol. The summed E-state index contributed by atoms with van der Waals surface area (Å²) >= 11 is 0. The summed E-state index contributed by atoms with van der Waals surface area (Å²) in [6.07, 6.45) is 12.8. The van der Waals surface area contributed by atoms with Crippen LogP contribution in [0.1, 0.15) is 151 Å². The number of unbranched alkanes of at least 4 members (excludes halogenated alkanes) is 4. The van der Waals surface area contributed by atoms with Crippen LogP contribution in [0.3, 0.4) is 0 Å². The van der Waals surface area contributed by atoms with Gasteiger partial charge >= 0.3 is 0 Å². The van der Waals surface area contributed by atoms with Crippen LogP contribution < -0.4 is 9.47 Å². The van der Waals surface area contributed by atoms with Crippen LogP contribution in [0.4, 0.5) is 0 Å². The van der Waals surface area contributed by atoms with Crippen molar-refractivity contribution < 1.29 is 9.47 Å². The van der Waals surface area contributed by atoms with Crippen LogP contribution in [0.25, 0.3) is 66.6 Å². The van der Waals surface area contributed by atoms with E-state index in [-0.39, 0.29) is 0 Å². The fourth-order valence-electron chi connectivity index (χ4n) is 9.28. The van der Waals surface area contributed by atoms with Crippen LogP contribution >= 0.6 is 0 Å². The molecule has 0 atom stereocenters. The summed E-state index contributed by atoms with van der Waals surface area (Å²) in [4.78, 5) is 19.5. The summed E-state index contributed by atoms with van der Waals surface area (Å²) < 4.78 is 11.3. The van der Waals surface area contributed by atoms with Gasteiger partial charge in [-0.25, -0.2) is 9.97 Å². The van der Waals surface area contributed by atoms with Gasteiger partial charge in [0.25, 0.3) is 0 Å². The lowest BCUT2D eigenvalue weighted by atomic mass is 9.94. The molecular formula is C54H66N4O2. The molecule has 0 amide bonds. The van der Waals surface area contributed by atoms with Crippen LogP contribution in [0.2, 0.25) is 0 Å². The van der Waals surface area contributed by atoms with Crippen LogP contribution in [0.5, 0.6) is 11.5 Å². The first-order valence-electron chi connectivity index (χ1n) is 22.7. The molecule has 5 heterocycles. The molecule has 2 aliphatic rings. The van der Waals surface area contributed by atoms with E-state index in [9.17, 15) is 0 Å². The number of H-pyrrole nitrogens is 2. The predicted octanol–water partition coefficient (Wildman–Crippen LogP) is 15.2. The molecule has 0 fully saturated rings. The van der Waals surface area contributed by atoms with E-state index >= 15 is 0 Å².